The van der Waals surface area contributed by atoms with E-state index in [1.807, 2.05) is 6.07 Å². The van der Waals surface area contributed by atoms with Gasteiger partial charge in [0.15, 0.2) is 5.82 Å². The summed E-state index contributed by atoms with van der Waals surface area (Å²) in [7, 11) is 3.38. The number of carbonyl (C=O) groups excluding carboxylic acids is 3. The molecule has 1 atom stereocenters. The molecule has 2 aliphatic carbocycles. The summed E-state index contributed by atoms with van der Waals surface area (Å²) in [6, 6.07) is 12.4. The van der Waals surface area contributed by atoms with Crippen molar-refractivity contribution >= 4 is 58.4 Å². The van der Waals surface area contributed by atoms with Crippen molar-refractivity contribution in [2.75, 3.05) is 93.1 Å². The Labute approximate surface area is 446 Å². The third-order valence-corrected chi connectivity index (χ3v) is 16.8. The number of benzene rings is 2. The number of nitriles is 1. The molecule has 5 heterocycles. The number of anilines is 5. The molecule has 0 spiro atoms. The highest BCUT2D eigenvalue weighted by Gasteiger charge is 2.64. The number of nitrogens with one attached hydrogen (secondary N) is 3. The molecule has 3 aliphatic heterocycles. The summed E-state index contributed by atoms with van der Waals surface area (Å²) in [4.78, 5) is 70.1. The Morgan fingerprint density at radius 2 is 1.57 bits per heavy atom. The number of unbranched alkanes of at least 4 members (excludes halogenated alkanes) is 1. The van der Waals surface area contributed by atoms with E-state index in [0.29, 0.717) is 75.4 Å². The zero-order chi connectivity index (χ0) is 53.0. The average molecular weight is 1040 g/mol. The molecule has 75 heavy (non-hydrogen) atoms. The summed E-state index contributed by atoms with van der Waals surface area (Å²) >= 11 is 6.27. The van der Waals surface area contributed by atoms with Gasteiger partial charge in [-0.1, -0.05) is 59.1 Å². The Morgan fingerprint density at radius 3 is 2.24 bits per heavy atom. The highest BCUT2D eigenvalue weighted by atomic mass is 35.5. The van der Waals surface area contributed by atoms with Crippen LogP contribution in [-0.2, 0) is 4.79 Å². The van der Waals surface area contributed by atoms with Crippen LogP contribution >= 0.6 is 11.6 Å². The fourth-order valence-corrected chi connectivity index (χ4v) is 12.8. The lowest BCUT2D eigenvalue weighted by Gasteiger charge is -2.63. The molecule has 19 heteroatoms. The normalized spacial score (nSPS) is 22.0. The van der Waals surface area contributed by atoms with E-state index in [0.717, 1.165) is 110 Å². The first-order valence-corrected chi connectivity index (χ1v) is 27.3. The molecule has 0 unspecified atom stereocenters. The van der Waals surface area contributed by atoms with Crippen LogP contribution in [0.5, 0.6) is 11.5 Å². The Bertz CT molecular complexity index is 2710. The molecule has 0 radical (unpaired) electrons. The van der Waals surface area contributed by atoms with E-state index >= 15 is 0 Å². The minimum absolute atomic E-state index is 0.0753. The number of hydrogen-bond acceptors (Lipinski definition) is 15. The van der Waals surface area contributed by atoms with Crippen LogP contribution in [0.4, 0.5) is 29.1 Å². The maximum Gasteiger partial charge on any atom is 0.254 e. The molecule has 4 aromatic rings. The number of rotatable bonds is 18. The number of amides is 3. The van der Waals surface area contributed by atoms with Crippen LogP contribution in [0, 0.1) is 28.1 Å². The third-order valence-electron chi connectivity index (χ3n) is 16.5. The van der Waals surface area contributed by atoms with Gasteiger partial charge in [-0.25, -0.2) is 15.0 Å². The number of piperidine rings is 1. The predicted molar refractivity (Wildman–Crippen MR) is 291 cm³/mol. The summed E-state index contributed by atoms with van der Waals surface area (Å²) in [6.45, 7) is 19.0. The van der Waals surface area contributed by atoms with Crippen molar-refractivity contribution in [3.63, 3.8) is 0 Å². The fourth-order valence-electron chi connectivity index (χ4n) is 12.6. The van der Waals surface area contributed by atoms with Crippen LogP contribution in [0.25, 0.3) is 0 Å². The van der Waals surface area contributed by atoms with Crippen molar-refractivity contribution in [2.24, 2.45) is 16.7 Å². The Hall–Kier alpha value is -6.29. The summed E-state index contributed by atoms with van der Waals surface area (Å²) < 4.78 is 12.1. The molecule has 2 aromatic heterocycles. The van der Waals surface area contributed by atoms with Crippen LogP contribution in [0.3, 0.4) is 0 Å². The summed E-state index contributed by atoms with van der Waals surface area (Å²) in [6.07, 6.45) is 13.9. The average Bonchev–Trinajstić information content (AvgIpc) is 3.97. The Kier molecular flexibility index (Phi) is 16.3. The number of fused-ring (bicyclic) bond motifs is 1. The fraction of sp³-hybridized carbons (Fsp3) is 0.571. The zero-order valence-corrected chi connectivity index (χ0v) is 45.5. The monoisotopic (exact) mass is 1040 g/mol. The van der Waals surface area contributed by atoms with Crippen LogP contribution in [0.15, 0.2) is 55.0 Å². The van der Waals surface area contributed by atoms with E-state index in [4.69, 9.17) is 26.1 Å². The SMILES string of the molecule is CC[C@@H]1C(=O)N(C)c2cnc(Nc3ccc(C(=O)NCCCCN4CCN(CC5CCN(c6ncc(C(=O)NC7C(C)(C)C(Oc8ccc(C#N)c(Cl)c8)C7(C)C)cn6)CC5)CC4)cc3OC)nc2N1C1CCCC1. The second kappa shape index (κ2) is 22.9. The molecule has 0 bridgehead atoms. The number of likely N-dealkylation sites (N-methyl/N-ethyl adjacent to an activating group) is 1. The van der Waals surface area contributed by atoms with Crippen LogP contribution in [0.1, 0.15) is 119 Å². The van der Waals surface area contributed by atoms with Crippen molar-refractivity contribution in [3.05, 3.63) is 76.7 Å². The molecule has 400 valence electrons. The van der Waals surface area contributed by atoms with E-state index < -0.39 is 0 Å². The maximum absolute atomic E-state index is 13.5. The quantitative estimate of drug-likeness (QED) is 0.0819. The number of methoxy groups -OCH3 is 1. The number of halogens is 1. The third kappa shape index (κ3) is 11.5. The first-order chi connectivity index (χ1) is 36.1. The second-order valence-corrected chi connectivity index (χ2v) is 22.6. The van der Waals surface area contributed by atoms with E-state index in [1.165, 1.54) is 0 Å². The Balaban J connectivity index is 0.660. The lowest BCUT2D eigenvalue weighted by molar-refractivity contribution is -0.164. The molecule has 3 N–H and O–H groups in total. The van der Waals surface area contributed by atoms with Crippen molar-refractivity contribution in [2.45, 2.75) is 117 Å². The molecule has 2 saturated carbocycles. The number of hydrogen-bond donors (Lipinski definition) is 3. The molecule has 9 rings (SSSR count). The first-order valence-electron chi connectivity index (χ1n) is 26.9. The van der Waals surface area contributed by atoms with Gasteiger partial charge in [-0.2, -0.15) is 10.2 Å². The molecule has 3 amide bonds. The van der Waals surface area contributed by atoms with E-state index in [2.05, 4.69) is 91.2 Å². The summed E-state index contributed by atoms with van der Waals surface area (Å²) in [5.74, 6) is 3.26. The maximum atomic E-state index is 13.5. The van der Waals surface area contributed by atoms with Gasteiger partial charge in [-0.05, 0) is 87.7 Å². The van der Waals surface area contributed by atoms with Crippen LogP contribution in [0.2, 0.25) is 5.02 Å². The van der Waals surface area contributed by atoms with Gasteiger partial charge in [0.1, 0.15) is 35.4 Å². The minimum Gasteiger partial charge on any atom is -0.495 e. The lowest BCUT2D eigenvalue weighted by atomic mass is 9.49. The van der Waals surface area contributed by atoms with Gasteiger partial charge in [0.25, 0.3) is 11.8 Å². The van der Waals surface area contributed by atoms with Crippen molar-refractivity contribution in [1.29, 1.82) is 5.26 Å². The molecule has 2 aromatic carbocycles. The van der Waals surface area contributed by atoms with Gasteiger partial charge in [-0.15, -0.1) is 0 Å². The molecule has 2 saturated heterocycles. The van der Waals surface area contributed by atoms with E-state index in [-0.39, 0.29) is 52.8 Å². The van der Waals surface area contributed by atoms with Gasteiger partial charge in [-0.3, -0.25) is 14.4 Å². The molecule has 4 fully saturated rings. The van der Waals surface area contributed by atoms with E-state index in [1.54, 1.807) is 68.0 Å². The molecular formula is C56H74ClN13O5. The Morgan fingerprint density at radius 1 is 0.867 bits per heavy atom. The molecule has 5 aliphatic rings. The van der Waals surface area contributed by atoms with Crippen molar-refractivity contribution < 1.29 is 23.9 Å². The zero-order valence-electron chi connectivity index (χ0n) is 44.7. The number of aromatic nitrogens is 4. The van der Waals surface area contributed by atoms with Gasteiger partial charge >= 0.3 is 0 Å². The van der Waals surface area contributed by atoms with Crippen molar-refractivity contribution in [3.8, 4) is 17.6 Å². The van der Waals surface area contributed by atoms with Gasteiger partial charge in [0, 0.05) is 106 Å². The van der Waals surface area contributed by atoms with Gasteiger partial charge in [0.2, 0.25) is 17.8 Å². The summed E-state index contributed by atoms with van der Waals surface area (Å²) in [5.41, 5.74) is 1.94. The predicted octanol–water partition coefficient (Wildman–Crippen LogP) is 7.70. The second-order valence-electron chi connectivity index (χ2n) is 22.2. The largest absolute Gasteiger partial charge is 0.495 e. The number of nitrogens with zero attached hydrogens (tertiary/aromatic N) is 10. The molecule has 18 nitrogen and oxygen atoms in total. The standard InChI is InChI=1S/C56H74ClN13O5/c1-8-44-50(73)66(6)45-34-60-53(64-47(45)70(44)40-13-9-10-14-40)63-43-18-16-37(29-46(43)74-7)48(71)59-21-11-12-22-67-25-27-68(28-26-67)35-36-19-23-69(24-20-36)54-61-32-39(33-62-54)49(72)65-51-55(2,3)52(56(51,4)5)75-41-17-15-38(31-58)42(57)30-41/h15-18,29-30,32-34,36,40,44,51-52H,8-14,19-28,35H2,1-7H3,(H,59,71)(H,65,72)(H,60,63,64)/t44-,51?,52?/m1/s1. The highest BCUT2D eigenvalue weighted by Crippen LogP contribution is 2.55. The highest BCUT2D eigenvalue weighted by molar-refractivity contribution is 6.31. The van der Waals surface area contributed by atoms with Crippen LogP contribution in [-0.4, -0.2) is 145 Å². The molecular weight excluding hydrogens is 970 g/mol. The van der Waals surface area contributed by atoms with Gasteiger partial charge in [0.05, 0.1) is 35.1 Å². The minimum atomic E-state index is -0.378. The van der Waals surface area contributed by atoms with Crippen molar-refractivity contribution in [1.82, 2.24) is 40.4 Å². The number of ether oxygens (including phenoxy) is 2. The smallest absolute Gasteiger partial charge is 0.254 e. The van der Waals surface area contributed by atoms with E-state index in [9.17, 15) is 19.6 Å². The topological polar surface area (TPSA) is 197 Å². The first kappa shape index (κ1) is 53.5. The summed E-state index contributed by atoms with van der Waals surface area (Å²) in [5, 5.41) is 19.2. The van der Waals surface area contributed by atoms with Crippen LogP contribution < -0.4 is 40.1 Å². The number of carbonyl (C=O) groups is 3. The lowest BCUT2D eigenvalue weighted by Crippen LogP contribution is -2.74. The number of piperazine rings is 1. The van der Waals surface area contributed by atoms with Gasteiger partial charge < -0.3 is 49.9 Å².